The summed E-state index contributed by atoms with van der Waals surface area (Å²) in [5.74, 6) is 1.22. The molecule has 0 bridgehead atoms. The standard InChI is InChI=1S/C21H28N4O2S/c26-19(24-13-6-10-17-9-4-5-11-18(17)24)15-28-21-23-22-20(27)25(21)14-12-16-7-2-1-3-8-16/h1-3,7-8,17-18H,4-6,9-15H2,(H,22,27). The van der Waals surface area contributed by atoms with Gasteiger partial charge in [0.2, 0.25) is 5.91 Å². The molecule has 150 valence electrons. The summed E-state index contributed by atoms with van der Waals surface area (Å²) in [4.78, 5) is 27.1. The maximum atomic E-state index is 12.9. The van der Waals surface area contributed by atoms with Gasteiger partial charge in [-0.2, -0.15) is 0 Å². The van der Waals surface area contributed by atoms with E-state index in [0.29, 0.717) is 29.4 Å². The average Bonchev–Trinajstić information content (AvgIpc) is 3.10. The lowest BCUT2D eigenvalue weighted by molar-refractivity contribution is -0.134. The third-order valence-electron chi connectivity index (χ3n) is 6.08. The summed E-state index contributed by atoms with van der Waals surface area (Å²) in [5, 5.41) is 7.28. The van der Waals surface area contributed by atoms with Gasteiger partial charge in [-0.3, -0.25) is 9.36 Å². The predicted molar refractivity (Wildman–Crippen MR) is 110 cm³/mol. The molecule has 6 nitrogen and oxygen atoms in total. The van der Waals surface area contributed by atoms with E-state index in [2.05, 4.69) is 27.2 Å². The Bertz CT molecular complexity index is 846. The van der Waals surface area contributed by atoms with E-state index in [9.17, 15) is 9.59 Å². The highest BCUT2D eigenvalue weighted by molar-refractivity contribution is 7.99. The number of likely N-dealkylation sites (tertiary alicyclic amines) is 1. The van der Waals surface area contributed by atoms with Crippen LogP contribution in [0.1, 0.15) is 44.1 Å². The Morgan fingerprint density at radius 1 is 1.14 bits per heavy atom. The first kappa shape index (κ1) is 19.3. The molecule has 4 rings (SSSR count). The lowest BCUT2D eigenvalue weighted by Gasteiger charge is -2.44. The van der Waals surface area contributed by atoms with E-state index < -0.39 is 0 Å². The summed E-state index contributed by atoms with van der Waals surface area (Å²) in [5.41, 5.74) is 0.968. The van der Waals surface area contributed by atoms with Crippen LogP contribution in [0.4, 0.5) is 0 Å². The van der Waals surface area contributed by atoms with Crippen molar-refractivity contribution in [2.75, 3.05) is 12.3 Å². The monoisotopic (exact) mass is 400 g/mol. The molecule has 1 aliphatic carbocycles. The molecule has 0 radical (unpaired) electrons. The van der Waals surface area contributed by atoms with Crippen LogP contribution < -0.4 is 5.69 Å². The summed E-state index contributed by atoms with van der Waals surface area (Å²) in [6, 6.07) is 10.5. The molecule has 2 aromatic rings. The number of H-pyrrole nitrogens is 1. The third-order valence-corrected chi connectivity index (χ3v) is 7.04. The molecule has 1 aromatic carbocycles. The van der Waals surface area contributed by atoms with E-state index in [1.807, 2.05) is 18.2 Å². The number of rotatable bonds is 6. The summed E-state index contributed by atoms with van der Waals surface area (Å²) in [6.07, 6.45) is 8.08. The van der Waals surface area contributed by atoms with Gasteiger partial charge in [-0.1, -0.05) is 54.9 Å². The van der Waals surface area contributed by atoms with Gasteiger partial charge in [-0.05, 0) is 43.6 Å². The number of aromatic amines is 1. The Morgan fingerprint density at radius 2 is 1.93 bits per heavy atom. The number of fused-ring (bicyclic) bond motifs is 1. The Morgan fingerprint density at radius 3 is 2.79 bits per heavy atom. The average molecular weight is 401 g/mol. The Kier molecular flexibility index (Phi) is 6.20. The minimum atomic E-state index is -0.212. The van der Waals surface area contributed by atoms with Crippen molar-refractivity contribution in [3.8, 4) is 0 Å². The SMILES string of the molecule is O=C(CSc1n[nH]c(=O)n1CCc1ccccc1)N1CCCC2CCCCC21. The van der Waals surface area contributed by atoms with E-state index in [1.54, 1.807) is 4.57 Å². The van der Waals surface area contributed by atoms with Crippen LogP contribution in [0.15, 0.2) is 40.3 Å². The van der Waals surface area contributed by atoms with Gasteiger partial charge >= 0.3 is 5.69 Å². The number of benzene rings is 1. The maximum absolute atomic E-state index is 12.9. The van der Waals surface area contributed by atoms with Crippen LogP contribution in [0.3, 0.4) is 0 Å². The molecule has 1 saturated carbocycles. The van der Waals surface area contributed by atoms with Crippen molar-refractivity contribution in [3.05, 3.63) is 46.4 Å². The summed E-state index contributed by atoms with van der Waals surface area (Å²) < 4.78 is 1.64. The van der Waals surface area contributed by atoms with Crippen LogP contribution in [-0.2, 0) is 17.8 Å². The summed E-state index contributed by atoms with van der Waals surface area (Å²) in [6.45, 7) is 1.44. The number of carbonyl (C=O) groups excluding carboxylic acids is 1. The predicted octanol–water partition coefficient (Wildman–Crippen LogP) is 3.09. The van der Waals surface area contributed by atoms with Crippen LogP contribution in [0.2, 0.25) is 0 Å². The zero-order valence-electron chi connectivity index (χ0n) is 16.2. The van der Waals surface area contributed by atoms with Gasteiger partial charge < -0.3 is 4.90 Å². The molecule has 2 unspecified atom stereocenters. The Hall–Kier alpha value is -2.02. The number of carbonyl (C=O) groups is 1. The number of amides is 1. The molecule has 1 aliphatic heterocycles. The van der Waals surface area contributed by atoms with Crippen LogP contribution in [0.25, 0.3) is 0 Å². The molecule has 2 atom stereocenters. The number of aryl methyl sites for hydroxylation is 1. The van der Waals surface area contributed by atoms with Crippen molar-refractivity contribution in [2.24, 2.45) is 5.92 Å². The molecule has 7 heteroatoms. The zero-order valence-corrected chi connectivity index (χ0v) is 17.0. The first-order valence-electron chi connectivity index (χ1n) is 10.3. The molecule has 28 heavy (non-hydrogen) atoms. The first-order chi connectivity index (χ1) is 13.7. The van der Waals surface area contributed by atoms with E-state index in [-0.39, 0.29) is 11.6 Å². The van der Waals surface area contributed by atoms with Crippen molar-refractivity contribution in [3.63, 3.8) is 0 Å². The quantitative estimate of drug-likeness (QED) is 0.757. The molecule has 0 spiro atoms. The number of piperidine rings is 1. The van der Waals surface area contributed by atoms with Crippen LogP contribution in [0.5, 0.6) is 0 Å². The second kappa shape index (κ2) is 8.99. The van der Waals surface area contributed by atoms with E-state index >= 15 is 0 Å². The zero-order chi connectivity index (χ0) is 19.3. The molecule has 1 saturated heterocycles. The number of hydrogen-bond acceptors (Lipinski definition) is 4. The number of nitrogens with zero attached hydrogens (tertiary/aromatic N) is 3. The Balaban J connectivity index is 1.37. The van der Waals surface area contributed by atoms with Gasteiger partial charge in [0.15, 0.2) is 5.16 Å². The second-order valence-corrected chi connectivity index (χ2v) is 8.77. The van der Waals surface area contributed by atoms with Gasteiger partial charge in [0, 0.05) is 19.1 Å². The lowest BCUT2D eigenvalue weighted by atomic mass is 9.78. The first-order valence-corrected chi connectivity index (χ1v) is 11.3. The molecular weight excluding hydrogens is 372 g/mol. The van der Waals surface area contributed by atoms with Gasteiger partial charge in [-0.15, -0.1) is 5.10 Å². The highest BCUT2D eigenvalue weighted by Gasteiger charge is 2.35. The maximum Gasteiger partial charge on any atom is 0.343 e. The number of nitrogens with one attached hydrogen (secondary N) is 1. The fraction of sp³-hybridized carbons (Fsp3) is 0.571. The normalized spacial score (nSPS) is 22.1. The van der Waals surface area contributed by atoms with Crippen molar-refractivity contribution in [1.29, 1.82) is 0 Å². The van der Waals surface area contributed by atoms with Crippen LogP contribution in [-0.4, -0.2) is 43.9 Å². The topological polar surface area (TPSA) is 71.0 Å². The van der Waals surface area contributed by atoms with Crippen molar-refractivity contribution in [1.82, 2.24) is 19.7 Å². The van der Waals surface area contributed by atoms with E-state index in [1.165, 1.54) is 43.0 Å². The van der Waals surface area contributed by atoms with Crippen LogP contribution >= 0.6 is 11.8 Å². The summed E-state index contributed by atoms with van der Waals surface area (Å²) in [7, 11) is 0. The van der Waals surface area contributed by atoms with Gasteiger partial charge in [0.05, 0.1) is 5.75 Å². The molecule has 2 aliphatic rings. The lowest BCUT2D eigenvalue weighted by Crippen LogP contribution is -2.50. The number of thioether (sulfide) groups is 1. The molecule has 1 aromatic heterocycles. The molecule has 2 heterocycles. The van der Waals surface area contributed by atoms with Crippen LogP contribution in [0, 0.1) is 5.92 Å². The molecule has 2 fully saturated rings. The van der Waals surface area contributed by atoms with Gasteiger partial charge in [-0.25, -0.2) is 9.89 Å². The Labute approximate surface area is 169 Å². The summed E-state index contributed by atoms with van der Waals surface area (Å²) >= 11 is 1.37. The van der Waals surface area contributed by atoms with Crippen molar-refractivity contribution < 1.29 is 4.79 Å². The van der Waals surface area contributed by atoms with E-state index in [4.69, 9.17) is 0 Å². The highest BCUT2D eigenvalue weighted by Crippen LogP contribution is 2.35. The third kappa shape index (κ3) is 4.35. The smallest absolute Gasteiger partial charge is 0.339 e. The fourth-order valence-electron chi connectivity index (χ4n) is 4.64. The molecule has 1 amide bonds. The number of hydrogen-bond donors (Lipinski definition) is 1. The fourth-order valence-corrected chi connectivity index (χ4v) is 5.50. The second-order valence-electron chi connectivity index (χ2n) is 7.83. The number of aromatic nitrogens is 3. The van der Waals surface area contributed by atoms with Gasteiger partial charge in [0.1, 0.15) is 0 Å². The van der Waals surface area contributed by atoms with Gasteiger partial charge in [0.25, 0.3) is 0 Å². The molecule has 1 N–H and O–H groups in total. The minimum absolute atomic E-state index is 0.187. The minimum Gasteiger partial charge on any atom is -0.339 e. The highest BCUT2D eigenvalue weighted by atomic mass is 32.2. The van der Waals surface area contributed by atoms with Crippen molar-refractivity contribution >= 4 is 17.7 Å². The molecular formula is C21H28N4O2S. The van der Waals surface area contributed by atoms with E-state index in [0.717, 1.165) is 25.8 Å². The largest absolute Gasteiger partial charge is 0.343 e. The van der Waals surface area contributed by atoms with Crippen molar-refractivity contribution in [2.45, 2.75) is 62.7 Å².